The number of carbonyl (C=O) groups excluding carboxylic acids is 1. The van der Waals surface area contributed by atoms with Crippen molar-refractivity contribution >= 4 is 5.97 Å². The molecule has 18 heavy (non-hydrogen) atoms. The predicted octanol–water partition coefficient (Wildman–Crippen LogP) is 1.15. The predicted molar refractivity (Wildman–Crippen MR) is 66.0 cm³/mol. The minimum atomic E-state index is -0.290. The summed E-state index contributed by atoms with van der Waals surface area (Å²) < 4.78 is 4.61. The molecular weight excluding hydrogens is 232 g/mol. The average Bonchev–Trinajstić information content (AvgIpc) is 2.40. The van der Waals surface area contributed by atoms with Gasteiger partial charge in [0.15, 0.2) is 0 Å². The molecule has 0 amide bonds. The molecule has 0 saturated heterocycles. The molecule has 0 saturated carbocycles. The molecule has 1 aromatic heterocycles. The third kappa shape index (κ3) is 2.82. The fraction of sp³-hybridized carbons (Fsp3) is 0.154. The van der Waals surface area contributed by atoms with Crippen molar-refractivity contribution in [2.24, 2.45) is 0 Å². The zero-order chi connectivity index (χ0) is 13.0. The van der Waals surface area contributed by atoms with Crippen LogP contribution in [0.25, 0.3) is 11.3 Å². The summed E-state index contributed by atoms with van der Waals surface area (Å²) in [6.45, 7) is 0. The average molecular weight is 244 g/mol. The van der Waals surface area contributed by atoms with E-state index in [1.165, 1.54) is 13.2 Å². The van der Waals surface area contributed by atoms with E-state index in [1.807, 2.05) is 24.3 Å². The van der Waals surface area contributed by atoms with Gasteiger partial charge in [0.2, 0.25) is 0 Å². The molecule has 1 aromatic carbocycles. The maximum absolute atomic E-state index is 11.2. The summed E-state index contributed by atoms with van der Waals surface area (Å²) in [5.74, 6) is -0.290. The lowest BCUT2D eigenvalue weighted by molar-refractivity contribution is -0.139. The Hall–Kier alpha value is -2.43. The van der Waals surface area contributed by atoms with Crippen LogP contribution in [0, 0.1) is 0 Å². The molecule has 0 atom stereocenters. The highest BCUT2D eigenvalue weighted by molar-refractivity contribution is 5.73. The van der Waals surface area contributed by atoms with Crippen LogP contribution < -0.4 is 5.56 Å². The summed E-state index contributed by atoms with van der Waals surface area (Å²) in [5.41, 5.74) is 2.09. The van der Waals surface area contributed by atoms with Crippen molar-refractivity contribution in [3.05, 3.63) is 52.3 Å². The molecule has 1 N–H and O–H groups in total. The molecule has 0 radical (unpaired) electrons. The minimum absolute atomic E-state index is 0.216. The molecule has 0 unspecified atom stereocenters. The van der Waals surface area contributed by atoms with Gasteiger partial charge in [0.25, 0.3) is 5.56 Å². The number of aromatic amines is 1. The Bertz CT molecular complexity index is 599. The van der Waals surface area contributed by atoms with Crippen molar-refractivity contribution in [3.8, 4) is 11.3 Å². The van der Waals surface area contributed by atoms with Crippen molar-refractivity contribution in [2.75, 3.05) is 7.11 Å². The Labute approximate surface area is 103 Å². The Morgan fingerprint density at radius 3 is 2.83 bits per heavy atom. The number of nitrogens with one attached hydrogen (secondary N) is 1. The fourth-order valence-corrected chi connectivity index (χ4v) is 1.58. The van der Waals surface area contributed by atoms with Crippen molar-refractivity contribution in [1.82, 2.24) is 10.2 Å². The monoisotopic (exact) mass is 244 g/mol. The van der Waals surface area contributed by atoms with Gasteiger partial charge >= 0.3 is 5.97 Å². The highest BCUT2D eigenvalue weighted by atomic mass is 16.5. The van der Waals surface area contributed by atoms with Crippen molar-refractivity contribution in [2.45, 2.75) is 6.42 Å². The first-order valence-corrected chi connectivity index (χ1v) is 5.41. The summed E-state index contributed by atoms with van der Waals surface area (Å²) >= 11 is 0. The Morgan fingerprint density at radius 1 is 1.33 bits per heavy atom. The topological polar surface area (TPSA) is 72.1 Å². The van der Waals surface area contributed by atoms with Gasteiger partial charge in [0, 0.05) is 11.6 Å². The number of methoxy groups -OCH3 is 1. The van der Waals surface area contributed by atoms with E-state index < -0.39 is 0 Å². The molecular formula is C13H12N2O3. The van der Waals surface area contributed by atoms with Crippen LogP contribution in [0.15, 0.2) is 41.2 Å². The van der Waals surface area contributed by atoms with E-state index >= 15 is 0 Å². The first-order chi connectivity index (χ1) is 8.69. The highest BCUT2D eigenvalue weighted by Crippen LogP contribution is 2.17. The van der Waals surface area contributed by atoms with E-state index in [2.05, 4.69) is 14.9 Å². The van der Waals surface area contributed by atoms with Crippen LogP contribution >= 0.6 is 0 Å². The SMILES string of the molecule is COC(=O)Cc1cccc(-c2ccc(=O)[nH]n2)c1. The molecule has 5 nitrogen and oxygen atoms in total. The molecule has 2 rings (SSSR count). The number of ether oxygens (including phenoxy) is 1. The van der Waals surface area contributed by atoms with Gasteiger partial charge in [-0.2, -0.15) is 5.10 Å². The number of H-pyrrole nitrogens is 1. The lowest BCUT2D eigenvalue weighted by Crippen LogP contribution is -2.06. The number of aromatic nitrogens is 2. The Kier molecular flexibility index (Phi) is 3.52. The third-order valence-electron chi connectivity index (χ3n) is 2.48. The van der Waals surface area contributed by atoms with E-state index in [0.29, 0.717) is 5.69 Å². The normalized spacial score (nSPS) is 10.1. The first kappa shape index (κ1) is 12.0. The van der Waals surface area contributed by atoms with E-state index in [4.69, 9.17) is 0 Å². The number of rotatable bonds is 3. The van der Waals surface area contributed by atoms with Crippen LogP contribution in [0.3, 0.4) is 0 Å². The number of hydrogen-bond donors (Lipinski definition) is 1. The van der Waals surface area contributed by atoms with E-state index in [1.54, 1.807) is 6.07 Å². The van der Waals surface area contributed by atoms with Crippen LogP contribution in [-0.4, -0.2) is 23.3 Å². The molecule has 2 aromatic rings. The zero-order valence-electron chi connectivity index (χ0n) is 9.84. The summed E-state index contributed by atoms with van der Waals surface area (Å²) in [4.78, 5) is 22.1. The second-order valence-corrected chi connectivity index (χ2v) is 3.76. The molecule has 0 spiro atoms. The fourth-order valence-electron chi connectivity index (χ4n) is 1.58. The summed E-state index contributed by atoms with van der Waals surface area (Å²) in [6.07, 6.45) is 0.216. The molecule has 0 bridgehead atoms. The first-order valence-electron chi connectivity index (χ1n) is 5.41. The van der Waals surface area contributed by atoms with Crippen LogP contribution in [0.1, 0.15) is 5.56 Å². The number of esters is 1. The van der Waals surface area contributed by atoms with Crippen molar-refractivity contribution in [1.29, 1.82) is 0 Å². The van der Waals surface area contributed by atoms with Crippen LogP contribution in [0.2, 0.25) is 0 Å². The summed E-state index contributed by atoms with van der Waals surface area (Å²) in [6, 6.07) is 10.4. The maximum atomic E-state index is 11.2. The van der Waals surface area contributed by atoms with Gasteiger partial charge in [0.1, 0.15) is 0 Å². The molecule has 0 aliphatic rings. The van der Waals surface area contributed by atoms with Gasteiger partial charge in [-0.15, -0.1) is 0 Å². The zero-order valence-corrected chi connectivity index (χ0v) is 9.84. The van der Waals surface area contributed by atoms with Crippen LogP contribution in [0.5, 0.6) is 0 Å². The van der Waals surface area contributed by atoms with Crippen LogP contribution in [0.4, 0.5) is 0 Å². The molecule has 0 aliphatic carbocycles. The van der Waals surface area contributed by atoms with Crippen molar-refractivity contribution < 1.29 is 9.53 Å². The quantitative estimate of drug-likeness (QED) is 0.822. The Morgan fingerprint density at radius 2 is 2.17 bits per heavy atom. The minimum Gasteiger partial charge on any atom is -0.469 e. The summed E-state index contributed by atoms with van der Waals surface area (Å²) in [7, 11) is 1.36. The van der Waals surface area contributed by atoms with Gasteiger partial charge in [-0.25, -0.2) is 5.10 Å². The van der Waals surface area contributed by atoms with E-state index in [0.717, 1.165) is 11.1 Å². The number of benzene rings is 1. The van der Waals surface area contributed by atoms with E-state index in [-0.39, 0.29) is 17.9 Å². The number of nitrogens with zero attached hydrogens (tertiary/aromatic N) is 1. The van der Waals surface area contributed by atoms with Gasteiger partial charge in [-0.3, -0.25) is 9.59 Å². The highest BCUT2D eigenvalue weighted by Gasteiger charge is 2.05. The molecule has 5 heteroatoms. The largest absolute Gasteiger partial charge is 0.469 e. The Balaban J connectivity index is 2.29. The maximum Gasteiger partial charge on any atom is 0.309 e. The third-order valence-corrected chi connectivity index (χ3v) is 2.48. The van der Waals surface area contributed by atoms with Gasteiger partial charge < -0.3 is 4.74 Å². The smallest absolute Gasteiger partial charge is 0.309 e. The van der Waals surface area contributed by atoms with Crippen LogP contribution in [-0.2, 0) is 16.0 Å². The molecule has 0 fully saturated rings. The number of hydrogen-bond acceptors (Lipinski definition) is 4. The molecule has 1 heterocycles. The molecule has 92 valence electrons. The second-order valence-electron chi connectivity index (χ2n) is 3.76. The standard InChI is InChI=1S/C13H12N2O3/c1-18-13(17)8-9-3-2-4-10(7-9)11-5-6-12(16)15-14-11/h2-7H,8H2,1H3,(H,15,16). The second kappa shape index (κ2) is 5.27. The van der Waals surface area contributed by atoms with E-state index in [9.17, 15) is 9.59 Å². The van der Waals surface area contributed by atoms with Gasteiger partial charge in [-0.05, 0) is 17.7 Å². The van der Waals surface area contributed by atoms with Gasteiger partial charge in [0.05, 0.1) is 19.2 Å². The lowest BCUT2D eigenvalue weighted by atomic mass is 10.1. The molecule has 0 aliphatic heterocycles. The van der Waals surface area contributed by atoms with Crippen molar-refractivity contribution in [3.63, 3.8) is 0 Å². The number of carbonyl (C=O) groups is 1. The van der Waals surface area contributed by atoms with Gasteiger partial charge in [-0.1, -0.05) is 18.2 Å². The summed E-state index contributed by atoms with van der Waals surface area (Å²) in [5, 5.41) is 6.31. The lowest BCUT2D eigenvalue weighted by Gasteiger charge is -2.03.